The Morgan fingerprint density at radius 3 is 2.48 bits per heavy atom. The van der Waals surface area contributed by atoms with Crippen molar-refractivity contribution in [2.45, 2.75) is 57.2 Å². The molecule has 3 aliphatic heterocycles. The molecular weight excluding hydrogens is 362 g/mol. The third-order valence-electron chi connectivity index (χ3n) is 5.89. The van der Waals surface area contributed by atoms with Crippen molar-refractivity contribution in [1.29, 1.82) is 0 Å². The fourth-order valence-corrected chi connectivity index (χ4v) is 5.72. The predicted molar refractivity (Wildman–Crippen MR) is 109 cm³/mol. The van der Waals surface area contributed by atoms with E-state index in [2.05, 4.69) is 29.4 Å². The largest absolute Gasteiger partial charge is 0.327 e. The Kier molecular flexibility index (Phi) is 7.05. The molecule has 3 aliphatic rings. The highest BCUT2D eigenvalue weighted by Crippen LogP contribution is 2.32. The van der Waals surface area contributed by atoms with Gasteiger partial charge in [-0.15, -0.1) is 11.8 Å². The number of piperidine rings is 1. The van der Waals surface area contributed by atoms with E-state index in [1.165, 1.54) is 37.3 Å². The van der Waals surface area contributed by atoms with Crippen molar-refractivity contribution in [1.82, 2.24) is 25.3 Å². The maximum Gasteiger partial charge on any atom is 0.327 e. The molecule has 0 bridgehead atoms. The van der Waals surface area contributed by atoms with Gasteiger partial charge in [0.2, 0.25) is 5.91 Å². The molecule has 4 unspecified atom stereocenters. The second-order valence-electron chi connectivity index (χ2n) is 8.47. The zero-order valence-electron chi connectivity index (χ0n) is 17.1. The van der Waals surface area contributed by atoms with Crippen molar-refractivity contribution < 1.29 is 9.59 Å². The molecule has 0 saturated carbocycles. The molecule has 3 heterocycles. The summed E-state index contributed by atoms with van der Waals surface area (Å²) in [5.74, 6) is 1.20. The number of likely N-dealkylation sites (tertiary alicyclic amines) is 1. The summed E-state index contributed by atoms with van der Waals surface area (Å²) in [7, 11) is 3.39. The van der Waals surface area contributed by atoms with E-state index in [1.54, 1.807) is 19.0 Å². The first kappa shape index (κ1) is 20.9. The summed E-state index contributed by atoms with van der Waals surface area (Å²) in [6.07, 6.45) is 4.80. The Balaban J connectivity index is 1.67. The molecule has 154 valence electrons. The van der Waals surface area contributed by atoms with Crippen LogP contribution in [-0.4, -0.2) is 83.8 Å². The molecule has 0 aliphatic carbocycles. The van der Waals surface area contributed by atoms with Crippen LogP contribution < -0.4 is 10.6 Å². The normalized spacial score (nSPS) is 32.9. The van der Waals surface area contributed by atoms with Crippen molar-refractivity contribution in [3.05, 3.63) is 0 Å². The molecule has 3 saturated heterocycles. The summed E-state index contributed by atoms with van der Waals surface area (Å²) in [5, 5.41) is 7.19. The molecule has 4 atom stereocenters. The lowest BCUT2D eigenvalue weighted by Crippen LogP contribution is -2.74. The molecule has 8 heteroatoms. The van der Waals surface area contributed by atoms with Crippen LogP contribution in [0.25, 0.3) is 0 Å². The Bertz CT molecular complexity index is 540. The van der Waals surface area contributed by atoms with Gasteiger partial charge in [-0.25, -0.2) is 4.79 Å². The lowest BCUT2D eigenvalue weighted by molar-refractivity contribution is -0.140. The second kappa shape index (κ2) is 9.11. The Morgan fingerprint density at radius 1 is 1.11 bits per heavy atom. The molecule has 7 nitrogen and oxygen atoms in total. The minimum absolute atomic E-state index is 0.0234. The van der Waals surface area contributed by atoms with E-state index in [9.17, 15) is 9.59 Å². The van der Waals surface area contributed by atoms with Crippen LogP contribution in [0.2, 0.25) is 0 Å². The van der Waals surface area contributed by atoms with Gasteiger partial charge in [0.05, 0.1) is 23.6 Å². The summed E-state index contributed by atoms with van der Waals surface area (Å²) < 4.78 is 0. The standard InChI is InChI=1S/C19H35N5O2S/c1-13(2)12-14-20-16-15(18(25)23(4)19(26)22(16)3)17(21-14)27-11-10-24-8-6-5-7-9-24/h13-17,20-21H,5-12H2,1-4H3. The number of hydrogen-bond acceptors (Lipinski definition) is 6. The summed E-state index contributed by atoms with van der Waals surface area (Å²) in [5.41, 5.74) is 0. The van der Waals surface area contributed by atoms with Crippen LogP contribution >= 0.6 is 11.8 Å². The molecule has 0 spiro atoms. The Labute approximate surface area is 167 Å². The summed E-state index contributed by atoms with van der Waals surface area (Å²) in [6.45, 7) is 7.86. The highest BCUT2D eigenvalue weighted by atomic mass is 32.2. The second-order valence-corrected chi connectivity index (χ2v) is 9.72. The van der Waals surface area contributed by atoms with Gasteiger partial charge < -0.3 is 9.80 Å². The average molecular weight is 398 g/mol. The summed E-state index contributed by atoms with van der Waals surface area (Å²) in [6, 6.07) is -0.226. The van der Waals surface area contributed by atoms with Crippen molar-refractivity contribution in [2.24, 2.45) is 11.8 Å². The number of rotatable bonds is 6. The lowest BCUT2D eigenvalue weighted by Gasteiger charge is -2.50. The van der Waals surface area contributed by atoms with Crippen molar-refractivity contribution in [3.8, 4) is 0 Å². The smallest absolute Gasteiger partial charge is 0.311 e. The van der Waals surface area contributed by atoms with Crippen molar-refractivity contribution in [2.75, 3.05) is 39.5 Å². The molecule has 3 rings (SSSR count). The number of imide groups is 1. The van der Waals surface area contributed by atoms with Crippen molar-refractivity contribution in [3.63, 3.8) is 0 Å². The van der Waals surface area contributed by atoms with E-state index in [0.717, 1.165) is 18.7 Å². The average Bonchev–Trinajstić information content (AvgIpc) is 2.64. The third kappa shape index (κ3) is 4.78. The Hall–Kier alpha value is -0.830. The van der Waals surface area contributed by atoms with Gasteiger partial charge in [-0.3, -0.25) is 20.3 Å². The van der Waals surface area contributed by atoms with Crippen LogP contribution in [0.4, 0.5) is 4.79 Å². The van der Waals surface area contributed by atoms with E-state index < -0.39 is 0 Å². The maximum absolute atomic E-state index is 12.9. The van der Waals surface area contributed by atoms with E-state index in [0.29, 0.717) is 5.92 Å². The predicted octanol–water partition coefficient (Wildman–Crippen LogP) is 1.56. The molecule has 0 aromatic rings. The summed E-state index contributed by atoms with van der Waals surface area (Å²) >= 11 is 1.84. The van der Waals surface area contributed by atoms with Crippen LogP contribution in [0.1, 0.15) is 39.5 Å². The van der Waals surface area contributed by atoms with Gasteiger partial charge in [0.1, 0.15) is 0 Å². The van der Waals surface area contributed by atoms with Crippen molar-refractivity contribution >= 4 is 23.7 Å². The molecule has 0 aromatic heterocycles. The number of carbonyl (C=O) groups excluding carboxylic acids is 2. The molecule has 2 N–H and O–H groups in total. The number of amides is 3. The molecule has 27 heavy (non-hydrogen) atoms. The first-order chi connectivity index (χ1) is 12.9. The number of fused-ring (bicyclic) bond motifs is 1. The number of hydrogen-bond donors (Lipinski definition) is 2. The van der Waals surface area contributed by atoms with Gasteiger partial charge >= 0.3 is 6.03 Å². The van der Waals surface area contributed by atoms with Gasteiger partial charge in [-0.05, 0) is 38.3 Å². The van der Waals surface area contributed by atoms with Gasteiger partial charge in [0, 0.05) is 26.4 Å². The fourth-order valence-electron chi connectivity index (χ4n) is 4.37. The zero-order valence-corrected chi connectivity index (χ0v) is 17.9. The number of urea groups is 1. The lowest BCUT2D eigenvalue weighted by atomic mass is 9.95. The van der Waals surface area contributed by atoms with Crippen LogP contribution in [-0.2, 0) is 4.79 Å². The molecular formula is C19H35N5O2S. The van der Waals surface area contributed by atoms with E-state index >= 15 is 0 Å². The first-order valence-electron chi connectivity index (χ1n) is 10.3. The third-order valence-corrected chi connectivity index (χ3v) is 7.09. The van der Waals surface area contributed by atoms with Gasteiger partial charge in [0.15, 0.2) is 0 Å². The van der Waals surface area contributed by atoms with Gasteiger partial charge in [-0.1, -0.05) is 20.3 Å². The Morgan fingerprint density at radius 2 is 1.81 bits per heavy atom. The number of nitrogens with one attached hydrogen (secondary N) is 2. The van der Waals surface area contributed by atoms with Crippen LogP contribution in [0.3, 0.4) is 0 Å². The van der Waals surface area contributed by atoms with E-state index in [1.807, 2.05) is 11.8 Å². The molecule has 0 radical (unpaired) electrons. The van der Waals surface area contributed by atoms with E-state index in [-0.39, 0.29) is 35.6 Å². The number of carbonyl (C=O) groups is 2. The van der Waals surface area contributed by atoms with Gasteiger partial charge in [0.25, 0.3) is 0 Å². The monoisotopic (exact) mass is 397 g/mol. The van der Waals surface area contributed by atoms with Crippen LogP contribution in [0.5, 0.6) is 0 Å². The first-order valence-corrected chi connectivity index (χ1v) is 11.3. The topological polar surface area (TPSA) is 67.9 Å². The highest BCUT2D eigenvalue weighted by molar-refractivity contribution is 7.99. The molecule has 3 fully saturated rings. The fraction of sp³-hybridized carbons (Fsp3) is 0.895. The van der Waals surface area contributed by atoms with Crippen LogP contribution in [0, 0.1) is 11.8 Å². The minimum Gasteiger partial charge on any atom is -0.311 e. The minimum atomic E-state index is -0.257. The number of thioether (sulfide) groups is 1. The molecule has 0 aromatic carbocycles. The zero-order chi connectivity index (χ0) is 19.6. The quantitative estimate of drug-likeness (QED) is 0.709. The maximum atomic E-state index is 12.9. The number of nitrogens with zero attached hydrogens (tertiary/aromatic N) is 3. The molecule has 3 amide bonds. The van der Waals surface area contributed by atoms with E-state index in [4.69, 9.17) is 0 Å². The summed E-state index contributed by atoms with van der Waals surface area (Å²) in [4.78, 5) is 30.8. The van der Waals surface area contributed by atoms with Gasteiger partial charge in [-0.2, -0.15) is 0 Å². The SMILES string of the molecule is CC(C)CC1NC(SCCN2CCCCC2)C2C(=O)N(C)C(=O)N(C)C2N1. The van der Waals surface area contributed by atoms with Crippen LogP contribution in [0.15, 0.2) is 0 Å². The highest BCUT2D eigenvalue weighted by Gasteiger charge is 2.50.